The zero-order valence-corrected chi connectivity index (χ0v) is 11.3. The van der Waals surface area contributed by atoms with Crippen LogP contribution in [-0.4, -0.2) is 51.8 Å². The van der Waals surface area contributed by atoms with E-state index < -0.39 is 0 Å². The molecule has 0 saturated carbocycles. The third-order valence-electron chi connectivity index (χ3n) is 2.85. The quantitative estimate of drug-likeness (QED) is 0.677. The fourth-order valence-electron chi connectivity index (χ4n) is 1.65. The Labute approximate surface area is 109 Å². The van der Waals surface area contributed by atoms with Crippen LogP contribution in [0.15, 0.2) is 24.3 Å². The number of methoxy groups -OCH3 is 1. The topological polar surface area (TPSA) is 24.5 Å². The number of ether oxygens (including phenoxy) is 1. The maximum absolute atomic E-state index is 12.7. The summed E-state index contributed by atoms with van der Waals surface area (Å²) in [5.41, 5.74) is 1.18. The highest BCUT2D eigenvalue weighted by atomic mass is 19.1. The van der Waals surface area contributed by atoms with Gasteiger partial charge in [-0.3, -0.25) is 0 Å². The van der Waals surface area contributed by atoms with Crippen LogP contribution >= 0.6 is 0 Å². The zero-order valence-electron chi connectivity index (χ0n) is 11.3. The van der Waals surface area contributed by atoms with Gasteiger partial charge in [-0.15, -0.1) is 0 Å². The number of hydrogen-bond donors (Lipinski definition) is 1. The van der Waals surface area contributed by atoms with Gasteiger partial charge >= 0.3 is 0 Å². The first-order valence-electron chi connectivity index (χ1n) is 6.35. The second-order valence-corrected chi connectivity index (χ2v) is 4.42. The Kier molecular flexibility index (Phi) is 7.57. The van der Waals surface area contributed by atoms with E-state index in [4.69, 9.17) is 4.74 Å². The molecule has 0 atom stereocenters. The maximum Gasteiger partial charge on any atom is 0.123 e. The van der Waals surface area contributed by atoms with E-state index in [-0.39, 0.29) is 5.82 Å². The maximum atomic E-state index is 12.7. The molecule has 0 amide bonds. The van der Waals surface area contributed by atoms with Crippen LogP contribution in [0.3, 0.4) is 0 Å². The highest BCUT2D eigenvalue weighted by Gasteiger charge is 1.99. The molecule has 0 bridgehead atoms. The number of rotatable bonds is 9. The number of nitrogens with zero attached hydrogens (tertiary/aromatic N) is 1. The molecule has 18 heavy (non-hydrogen) atoms. The molecule has 102 valence electrons. The SMILES string of the molecule is COCCNCCN(C)CCc1ccc(F)cc1. The third-order valence-corrected chi connectivity index (χ3v) is 2.85. The van der Waals surface area contributed by atoms with Gasteiger partial charge in [-0.2, -0.15) is 0 Å². The van der Waals surface area contributed by atoms with E-state index in [9.17, 15) is 4.39 Å². The van der Waals surface area contributed by atoms with Gasteiger partial charge < -0.3 is 15.0 Å². The lowest BCUT2D eigenvalue weighted by molar-refractivity contribution is 0.198. The minimum atomic E-state index is -0.172. The summed E-state index contributed by atoms with van der Waals surface area (Å²) in [5.74, 6) is -0.172. The lowest BCUT2D eigenvalue weighted by Gasteiger charge is -2.16. The van der Waals surface area contributed by atoms with Crippen LogP contribution in [0.1, 0.15) is 5.56 Å². The normalized spacial score (nSPS) is 11.1. The average molecular weight is 254 g/mol. The minimum absolute atomic E-state index is 0.172. The predicted molar refractivity (Wildman–Crippen MR) is 72.3 cm³/mol. The number of likely N-dealkylation sites (N-methyl/N-ethyl adjacent to an activating group) is 1. The Morgan fingerprint density at radius 3 is 2.56 bits per heavy atom. The molecule has 0 unspecified atom stereocenters. The second kappa shape index (κ2) is 9.03. The molecule has 1 aromatic rings. The van der Waals surface area contributed by atoms with Crippen molar-refractivity contribution in [1.29, 1.82) is 0 Å². The van der Waals surface area contributed by atoms with E-state index in [1.165, 1.54) is 17.7 Å². The predicted octanol–water partition coefficient (Wildman–Crippen LogP) is 1.54. The molecule has 0 aliphatic rings. The molecular formula is C14H23FN2O. The summed E-state index contributed by atoms with van der Waals surface area (Å²) in [6.45, 7) is 4.59. The van der Waals surface area contributed by atoms with E-state index >= 15 is 0 Å². The first-order valence-corrected chi connectivity index (χ1v) is 6.35. The van der Waals surface area contributed by atoms with Crippen LogP contribution in [0.4, 0.5) is 4.39 Å². The molecule has 0 aliphatic heterocycles. The van der Waals surface area contributed by atoms with Gasteiger partial charge in [-0.1, -0.05) is 12.1 Å². The summed E-state index contributed by atoms with van der Waals surface area (Å²) in [6.07, 6.45) is 0.953. The molecule has 1 aromatic carbocycles. The Hall–Kier alpha value is -0.970. The van der Waals surface area contributed by atoms with Crippen LogP contribution in [0.25, 0.3) is 0 Å². The van der Waals surface area contributed by atoms with E-state index in [0.717, 1.165) is 39.2 Å². The van der Waals surface area contributed by atoms with Crippen molar-refractivity contribution in [1.82, 2.24) is 10.2 Å². The first kappa shape index (κ1) is 15.1. The summed E-state index contributed by atoms with van der Waals surface area (Å²) in [7, 11) is 3.80. The molecule has 1 N–H and O–H groups in total. The largest absolute Gasteiger partial charge is 0.383 e. The van der Waals surface area contributed by atoms with Crippen LogP contribution in [0.5, 0.6) is 0 Å². The van der Waals surface area contributed by atoms with Crippen molar-refractivity contribution >= 4 is 0 Å². The summed E-state index contributed by atoms with van der Waals surface area (Å²) in [5, 5.41) is 3.31. The molecular weight excluding hydrogens is 231 g/mol. The number of nitrogens with one attached hydrogen (secondary N) is 1. The fraction of sp³-hybridized carbons (Fsp3) is 0.571. The van der Waals surface area contributed by atoms with Gasteiger partial charge in [0.05, 0.1) is 6.61 Å². The Bertz CT molecular complexity index is 316. The summed E-state index contributed by atoms with van der Waals surface area (Å²) in [4.78, 5) is 2.27. The molecule has 0 spiro atoms. The number of halogens is 1. The Balaban J connectivity index is 2.09. The van der Waals surface area contributed by atoms with Crippen molar-refractivity contribution in [2.45, 2.75) is 6.42 Å². The fourth-order valence-corrected chi connectivity index (χ4v) is 1.65. The van der Waals surface area contributed by atoms with Crippen LogP contribution in [0, 0.1) is 5.82 Å². The van der Waals surface area contributed by atoms with Gasteiger partial charge in [0, 0.05) is 33.3 Å². The highest BCUT2D eigenvalue weighted by Crippen LogP contribution is 2.03. The lowest BCUT2D eigenvalue weighted by Crippen LogP contribution is -2.32. The van der Waals surface area contributed by atoms with Gasteiger partial charge in [0.25, 0.3) is 0 Å². The van der Waals surface area contributed by atoms with Gasteiger partial charge in [-0.05, 0) is 31.2 Å². The van der Waals surface area contributed by atoms with Crippen molar-refractivity contribution in [2.24, 2.45) is 0 Å². The highest BCUT2D eigenvalue weighted by molar-refractivity contribution is 5.16. The van der Waals surface area contributed by atoms with Gasteiger partial charge in [0.15, 0.2) is 0 Å². The van der Waals surface area contributed by atoms with Crippen LogP contribution in [0.2, 0.25) is 0 Å². The van der Waals surface area contributed by atoms with E-state index in [1.807, 2.05) is 12.1 Å². The molecule has 0 saturated heterocycles. The van der Waals surface area contributed by atoms with E-state index in [1.54, 1.807) is 7.11 Å². The molecule has 0 radical (unpaired) electrons. The molecule has 3 nitrogen and oxygen atoms in total. The first-order chi connectivity index (χ1) is 8.72. The molecule has 0 heterocycles. The van der Waals surface area contributed by atoms with Crippen molar-refractivity contribution in [3.63, 3.8) is 0 Å². The molecule has 0 aromatic heterocycles. The van der Waals surface area contributed by atoms with Crippen LogP contribution in [-0.2, 0) is 11.2 Å². The zero-order chi connectivity index (χ0) is 13.2. The van der Waals surface area contributed by atoms with Gasteiger partial charge in [-0.25, -0.2) is 4.39 Å². The van der Waals surface area contributed by atoms with Crippen molar-refractivity contribution in [3.05, 3.63) is 35.6 Å². The van der Waals surface area contributed by atoms with Crippen molar-refractivity contribution in [3.8, 4) is 0 Å². The van der Waals surface area contributed by atoms with E-state index in [0.29, 0.717) is 0 Å². The van der Waals surface area contributed by atoms with Crippen molar-refractivity contribution < 1.29 is 9.13 Å². The van der Waals surface area contributed by atoms with Gasteiger partial charge in [0.2, 0.25) is 0 Å². The van der Waals surface area contributed by atoms with Crippen LogP contribution < -0.4 is 5.32 Å². The third kappa shape index (κ3) is 6.69. The number of hydrogen-bond acceptors (Lipinski definition) is 3. The van der Waals surface area contributed by atoms with E-state index in [2.05, 4.69) is 17.3 Å². The monoisotopic (exact) mass is 254 g/mol. The molecule has 1 rings (SSSR count). The standard InChI is InChI=1S/C14H23FN2O/c1-17(11-8-16-9-12-18-2)10-7-13-3-5-14(15)6-4-13/h3-6,16H,7-12H2,1-2H3. The Morgan fingerprint density at radius 1 is 1.17 bits per heavy atom. The minimum Gasteiger partial charge on any atom is -0.383 e. The summed E-state index contributed by atoms with van der Waals surface area (Å²) < 4.78 is 17.7. The Morgan fingerprint density at radius 2 is 1.89 bits per heavy atom. The van der Waals surface area contributed by atoms with Gasteiger partial charge in [0.1, 0.15) is 5.82 Å². The summed E-state index contributed by atoms with van der Waals surface area (Å²) in [6, 6.07) is 6.73. The number of benzene rings is 1. The molecule has 0 aliphatic carbocycles. The lowest BCUT2D eigenvalue weighted by atomic mass is 10.1. The summed E-state index contributed by atoms with van der Waals surface area (Å²) >= 11 is 0. The molecule has 0 fully saturated rings. The molecule has 4 heteroatoms. The smallest absolute Gasteiger partial charge is 0.123 e. The second-order valence-electron chi connectivity index (χ2n) is 4.42. The van der Waals surface area contributed by atoms with Crippen molar-refractivity contribution in [2.75, 3.05) is 46.9 Å². The average Bonchev–Trinajstić information content (AvgIpc) is 2.38.